The summed E-state index contributed by atoms with van der Waals surface area (Å²) in [5, 5.41) is 6.05. The molecule has 0 atom stereocenters. The molecular formula is C20H19N3O2. The number of aromatic nitrogens is 1. The van der Waals surface area contributed by atoms with Gasteiger partial charge in [0.05, 0.1) is 24.7 Å². The van der Waals surface area contributed by atoms with E-state index in [9.17, 15) is 4.79 Å². The van der Waals surface area contributed by atoms with E-state index >= 15 is 0 Å². The maximum Gasteiger partial charge on any atom is 0.257 e. The third kappa shape index (κ3) is 3.95. The molecule has 3 aromatic rings. The summed E-state index contributed by atoms with van der Waals surface area (Å²) < 4.78 is 5.31. The maximum absolute atomic E-state index is 12.3. The number of hydrogen-bond donors (Lipinski definition) is 2. The second kappa shape index (κ2) is 7.49. The molecule has 0 fully saturated rings. The summed E-state index contributed by atoms with van der Waals surface area (Å²) in [6.07, 6.45) is 1.67. The largest absolute Gasteiger partial charge is 0.495 e. The van der Waals surface area contributed by atoms with E-state index in [4.69, 9.17) is 4.74 Å². The Morgan fingerprint density at radius 2 is 1.76 bits per heavy atom. The van der Waals surface area contributed by atoms with Crippen LogP contribution in [0, 0.1) is 6.92 Å². The summed E-state index contributed by atoms with van der Waals surface area (Å²) in [5.41, 5.74) is 3.22. The Kier molecular flexibility index (Phi) is 4.95. The third-order valence-electron chi connectivity index (χ3n) is 3.78. The first-order valence-corrected chi connectivity index (χ1v) is 7.90. The lowest BCUT2D eigenvalue weighted by Crippen LogP contribution is -2.14. The fourth-order valence-electron chi connectivity index (χ4n) is 2.46. The van der Waals surface area contributed by atoms with Crippen LogP contribution in [-0.2, 0) is 0 Å². The van der Waals surface area contributed by atoms with Gasteiger partial charge >= 0.3 is 0 Å². The molecule has 0 aliphatic heterocycles. The molecule has 5 heteroatoms. The lowest BCUT2D eigenvalue weighted by molar-refractivity contribution is 0.102. The van der Waals surface area contributed by atoms with Gasteiger partial charge in [-0.1, -0.05) is 30.3 Å². The minimum absolute atomic E-state index is 0.170. The van der Waals surface area contributed by atoms with Crippen LogP contribution < -0.4 is 15.4 Å². The first kappa shape index (κ1) is 16.5. The van der Waals surface area contributed by atoms with E-state index in [0.29, 0.717) is 11.4 Å². The number of nitrogens with zero attached hydrogens (tertiary/aromatic N) is 1. The summed E-state index contributed by atoms with van der Waals surface area (Å²) in [7, 11) is 1.63. The minimum atomic E-state index is -0.170. The smallest absolute Gasteiger partial charge is 0.257 e. The molecule has 5 nitrogen and oxygen atoms in total. The van der Waals surface area contributed by atoms with Gasteiger partial charge in [0, 0.05) is 5.56 Å². The van der Waals surface area contributed by atoms with E-state index < -0.39 is 0 Å². The van der Waals surface area contributed by atoms with E-state index in [1.807, 2.05) is 55.5 Å². The van der Waals surface area contributed by atoms with Crippen molar-refractivity contribution in [2.75, 3.05) is 17.7 Å². The Morgan fingerprint density at radius 3 is 2.48 bits per heavy atom. The number of carbonyl (C=O) groups is 1. The molecule has 2 N–H and O–H groups in total. The molecule has 1 aromatic heterocycles. The van der Waals surface area contributed by atoms with E-state index in [-0.39, 0.29) is 5.91 Å². The third-order valence-corrected chi connectivity index (χ3v) is 3.78. The quantitative estimate of drug-likeness (QED) is 0.727. The van der Waals surface area contributed by atoms with E-state index in [1.165, 1.54) is 0 Å². The normalized spacial score (nSPS) is 10.2. The predicted molar refractivity (Wildman–Crippen MR) is 99.6 cm³/mol. The topological polar surface area (TPSA) is 63.2 Å². The molecule has 1 heterocycles. The van der Waals surface area contributed by atoms with Crippen molar-refractivity contribution in [1.29, 1.82) is 0 Å². The van der Waals surface area contributed by atoms with Gasteiger partial charge in [-0.3, -0.25) is 4.79 Å². The van der Waals surface area contributed by atoms with Gasteiger partial charge in [0.2, 0.25) is 0 Å². The highest BCUT2D eigenvalue weighted by Crippen LogP contribution is 2.26. The van der Waals surface area contributed by atoms with Gasteiger partial charge in [0.25, 0.3) is 5.91 Å². The fourth-order valence-corrected chi connectivity index (χ4v) is 2.46. The molecule has 25 heavy (non-hydrogen) atoms. The second-order valence-corrected chi connectivity index (χ2v) is 5.53. The molecule has 126 valence electrons. The summed E-state index contributed by atoms with van der Waals surface area (Å²) in [4.78, 5) is 16.6. The number of pyridine rings is 1. The van der Waals surface area contributed by atoms with Crippen LogP contribution in [0.15, 0.2) is 66.9 Å². The number of ether oxygens (including phenoxy) is 1. The number of anilines is 3. The Bertz CT molecular complexity index is 876. The SMILES string of the molecule is COc1ccccc1Nc1ccc(NC(=O)c2ccccc2C)nc1. The second-order valence-electron chi connectivity index (χ2n) is 5.53. The highest BCUT2D eigenvalue weighted by Gasteiger charge is 2.09. The summed E-state index contributed by atoms with van der Waals surface area (Å²) in [5.74, 6) is 1.08. The van der Waals surface area contributed by atoms with E-state index in [0.717, 1.165) is 22.7 Å². The van der Waals surface area contributed by atoms with Crippen LogP contribution in [0.1, 0.15) is 15.9 Å². The van der Waals surface area contributed by atoms with E-state index in [2.05, 4.69) is 15.6 Å². The van der Waals surface area contributed by atoms with E-state index in [1.54, 1.807) is 25.4 Å². The lowest BCUT2D eigenvalue weighted by atomic mass is 10.1. The summed E-state index contributed by atoms with van der Waals surface area (Å²) >= 11 is 0. The van der Waals surface area contributed by atoms with Gasteiger partial charge < -0.3 is 15.4 Å². The van der Waals surface area contributed by atoms with Crippen molar-refractivity contribution in [3.8, 4) is 5.75 Å². The minimum Gasteiger partial charge on any atom is -0.495 e. The molecule has 2 aromatic carbocycles. The zero-order valence-electron chi connectivity index (χ0n) is 14.1. The molecule has 0 bridgehead atoms. The monoisotopic (exact) mass is 333 g/mol. The van der Waals surface area contributed by atoms with Crippen LogP contribution in [-0.4, -0.2) is 18.0 Å². The van der Waals surface area contributed by atoms with Gasteiger partial charge in [-0.25, -0.2) is 4.98 Å². The first-order valence-electron chi connectivity index (χ1n) is 7.90. The average molecular weight is 333 g/mol. The van der Waals surface area contributed by atoms with Crippen LogP contribution >= 0.6 is 0 Å². The van der Waals surface area contributed by atoms with Crippen LogP contribution in [0.3, 0.4) is 0 Å². The highest BCUT2D eigenvalue weighted by atomic mass is 16.5. The van der Waals surface area contributed by atoms with Crippen molar-refractivity contribution < 1.29 is 9.53 Å². The van der Waals surface area contributed by atoms with Crippen molar-refractivity contribution >= 4 is 23.1 Å². The van der Waals surface area contributed by atoms with Crippen molar-refractivity contribution in [3.05, 3.63) is 78.0 Å². The van der Waals surface area contributed by atoms with Gasteiger partial charge in [-0.2, -0.15) is 0 Å². The Hall–Kier alpha value is -3.34. The first-order chi connectivity index (χ1) is 12.2. The molecule has 0 saturated carbocycles. The molecule has 0 saturated heterocycles. The van der Waals surface area contributed by atoms with Crippen molar-refractivity contribution in [1.82, 2.24) is 4.98 Å². The number of methoxy groups -OCH3 is 1. The van der Waals surface area contributed by atoms with Gasteiger partial charge in [0.1, 0.15) is 11.6 Å². The molecule has 3 rings (SSSR count). The van der Waals surface area contributed by atoms with Crippen molar-refractivity contribution in [2.45, 2.75) is 6.92 Å². The fraction of sp³-hybridized carbons (Fsp3) is 0.100. The van der Waals surface area contributed by atoms with Crippen molar-refractivity contribution in [2.24, 2.45) is 0 Å². The standard InChI is InChI=1S/C20H19N3O2/c1-14-7-3-4-8-16(14)20(24)23-19-12-11-15(13-21-19)22-17-9-5-6-10-18(17)25-2/h3-13,22H,1-2H3,(H,21,23,24). The molecule has 1 amide bonds. The summed E-state index contributed by atoms with van der Waals surface area (Å²) in [6, 6.07) is 18.7. The number of aryl methyl sites for hydroxylation is 1. The zero-order valence-corrected chi connectivity index (χ0v) is 14.1. The Balaban J connectivity index is 1.70. The van der Waals surface area contributed by atoms with Gasteiger partial charge in [0.15, 0.2) is 0 Å². The van der Waals surface area contributed by atoms with Gasteiger partial charge in [-0.15, -0.1) is 0 Å². The molecular weight excluding hydrogens is 314 g/mol. The summed E-state index contributed by atoms with van der Waals surface area (Å²) in [6.45, 7) is 1.91. The maximum atomic E-state index is 12.3. The molecule has 0 aliphatic carbocycles. The molecule has 0 radical (unpaired) electrons. The Morgan fingerprint density at radius 1 is 1.00 bits per heavy atom. The number of rotatable bonds is 5. The molecule has 0 aliphatic rings. The Labute approximate surface area is 146 Å². The predicted octanol–water partition coefficient (Wildman–Crippen LogP) is 4.39. The number of para-hydroxylation sites is 2. The molecule has 0 spiro atoms. The average Bonchev–Trinajstić information content (AvgIpc) is 2.64. The number of benzene rings is 2. The highest BCUT2D eigenvalue weighted by molar-refractivity contribution is 6.04. The van der Waals surface area contributed by atoms with Crippen LogP contribution in [0.5, 0.6) is 5.75 Å². The van der Waals surface area contributed by atoms with Crippen LogP contribution in [0.25, 0.3) is 0 Å². The number of carbonyl (C=O) groups excluding carboxylic acids is 1. The van der Waals surface area contributed by atoms with Crippen molar-refractivity contribution in [3.63, 3.8) is 0 Å². The van der Waals surface area contributed by atoms with Crippen LogP contribution in [0.4, 0.5) is 17.2 Å². The molecule has 0 unspecified atom stereocenters. The lowest BCUT2D eigenvalue weighted by Gasteiger charge is -2.11. The number of hydrogen-bond acceptors (Lipinski definition) is 4. The number of nitrogens with one attached hydrogen (secondary N) is 2. The number of amides is 1. The zero-order chi connectivity index (χ0) is 17.6. The van der Waals surface area contributed by atoms with Gasteiger partial charge in [-0.05, 0) is 42.8 Å². The van der Waals surface area contributed by atoms with Crippen LogP contribution in [0.2, 0.25) is 0 Å².